The summed E-state index contributed by atoms with van der Waals surface area (Å²) in [6, 6.07) is 15.1. The van der Waals surface area contributed by atoms with Crippen LogP contribution in [0.25, 0.3) is 11.3 Å². The Morgan fingerprint density at radius 1 is 1.12 bits per heavy atom. The summed E-state index contributed by atoms with van der Waals surface area (Å²) in [5.41, 5.74) is 3.47. The Morgan fingerprint density at radius 3 is 2.84 bits per heavy atom. The molecule has 25 heavy (non-hydrogen) atoms. The number of aromatic nitrogens is 5. The van der Waals surface area contributed by atoms with Gasteiger partial charge in [-0.15, -0.1) is 10.2 Å². The van der Waals surface area contributed by atoms with Crippen LogP contribution in [0.1, 0.15) is 11.3 Å². The molecule has 3 heterocycles. The lowest BCUT2D eigenvalue weighted by molar-refractivity contribution is 0.876. The molecule has 0 aliphatic carbocycles. The summed E-state index contributed by atoms with van der Waals surface area (Å²) in [5, 5.41) is 8.99. The Labute approximate surface area is 148 Å². The number of thioether (sulfide) groups is 1. The van der Waals surface area contributed by atoms with E-state index in [0.29, 0.717) is 11.4 Å². The zero-order chi connectivity index (χ0) is 17.2. The molecule has 0 spiro atoms. The van der Waals surface area contributed by atoms with Crippen molar-refractivity contribution in [2.75, 3.05) is 0 Å². The van der Waals surface area contributed by atoms with E-state index in [-0.39, 0.29) is 5.56 Å². The molecule has 4 rings (SSSR count). The van der Waals surface area contributed by atoms with Gasteiger partial charge in [0.15, 0.2) is 5.16 Å². The second-order valence-electron chi connectivity index (χ2n) is 5.57. The highest BCUT2D eigenvalue weighted by molar-refractivity contribution is 7.98. The van der Waals surface area contributed by atoms with Crippen molar-refractivity contribution < 1.29 is 0 Å². The minimum Gasteiger partial charge on any atom is -0.276 e. The van der Waals surface area contributed by atoms with Crippen LogP contribution in [-0.4, -0.2) is 24.1 Å². The molecule has 124 valence electrons. The molecule has 0 amide bonds. The summed E-state index contributed by atoms with van der Waals surface area (Å²) in [7, 11) is 0. The van der Waals surface area contributed by atoms with Gasteiger partial charge in [-0.1, -0.05) is 36.0 Å². The quantitative estimate of drug-likeness (QED) is 0.530. The average Bonchev–Trinajstić information content (AvgIpc) is 3.09. The third-order valence-corrected chi connectivity index (χ3v) is 4.84. The van der Waals surface area contributed by atoms with E-state index in [1.165, 1.54) is 16.2 Å². The third-order valence-electron chi connectivity index (χ3n) is 3.86. The van der Waals surface area contributed by atoms with Gasteiger partial charge in [-0.05, 0) is 30.7 Å². The Kier molecular flexibility index (Phi) is 4.07. The molecule has 0 fully saturated rings. The normalized spacial score (nSPS) is 11.1. The third kappa shape index (κ3) is 3.06. The Balaban J connectivity index is 1.62. The highest BCUT2D eigenvalue weighted by Crippen LogP contribution is 2.24. The van der Waals surface area contributed by atoms with E-state index < -0.39 is 0 Å². The first-order chi connectivity index (χ1) is 12.2. The topological polar surface area (TPSA) is 65.1 Å². The van der Waals surface area contributed by atoms with Gasteiger partial charge < -0.3 is 0 Å². The van der Waals surface area contributed by atoms with Crippen LogP contribution in [0.4, 0.5) is 0 Å². The molecule has 0 bridgehead atoms. The Bertz CT molecular complexity index is 1100. The molecular weight excluding hydrogens is 334 g/mol. The number of aryl methyl sites for hydroxylation is 1. The largest absolute Gasteiger partial charge is 0.276 e. The molecule has 0 radical (unpaired) electrons. The maximum Gasteiger partial charge on any atom is 0.258 e. The minimum absolute atomic E-state index is 0.0819. The number of hydrogen-bond acceptors (Lipinski definition) is 5. The molecule has 7 heteroatoms. The smallest absolute Gasteiger partial charge is 0.258 e. The maximum atomic E-state index is 12.2. The first kappa shape index (κ1) is 15.6. The van der Waals surface area contributed by atoms with Crippen LogP contribution >= 0.6 is 11.8 Å². The van der Waals surface area contributed by atoms with E-state index in [1.54, 1.807) is 18.6 Å². The number of fused-ring (bicyclic) bond motifs is 1. The molecule has 0 aliphatic rings. The molecule has 0 aliphatic heterocycles. The standard InChI is InChI=1S/C18H15N5OS/c1-13-6-2-3-7-15(13)23-12-19-21-18(23)25-11-14-10-17(24)22-9-5-4-8-16(22)20-14/h2-10,12H,11H2,1H3. The molecule has 0 saturated heterocycles. The number of rotatable bonds is 4. The summed E-state index contributed by atoms with van der Waals surface area (Å²) in [5.74, 6) is 0.547. The lowest BCUT2D eigenvalue weighted by Gasteiger charge is -2.09. The van der Waals surface area contributed by atoms with Crippen LogP contribution in [0.15, 0.2) is 71.0 Å². The molecule has 0 N–H and O–H groups in total. The lowest BCUT2D eigenvalue weighted by Crippen LogP contribution is -2.14. The number of nitrogens with zero attached hydrogens (tertiary/aromatic N) is 5. The number of benzene rings is 1. The van der Waals surface area contributed by atoms with Gasteiger partial charge in [-0.2, -0.15) is 0 Å². The van der Waals surface area contributed by atoms with Crippen molar-refractivity contribution in [3.05, 3.63) is 82.7 Å². The van der Waals surface area contributed by atoms with E-state index in [0.717, 1.165) is 22.1 Å². The molecule has 0 unspecified atom stereocenters. The van der Waals surface area contributed by atoms with Gasteiger partial charge >= 0.3 is 0 Å². The van der Waals surface area contributed by atoms with E-state index in [1.807, 2.05) is 41.0 Å². The van der Waals surface area contributed by atoms with Crippen molar-refractivity contribution in [1.29, 1.82) is 0 Å². The van der Waals surface area contributed by atoms with Crippen molar-refractivity contribution in [3.8, 4) is 5.69 Å². The summed E-state index contributed by atoms with van der Waals surface area (Å²) in [6.07, 6.45) is 3.42. The lowest BCUT2D eigenvalue weighted by atomic mass is 10.2. The monoisotopic (exact) mass is 349 g/mol. The second-order valence-corrected chi connectivity index (χ2v) is 6.52. The second kappa shape index (κ2) is 6.52. The summed E-state index contributed by atoms with van der Waals surface area (Å²) >= 11 is 1.51. The van der Waals surface area contributed by atoms with E-state index in [2.05, 4.69) is 28.2 Å². The van der Waals surface area contributed by atoms with Crippen LogP contribution in [0.5, 0.6) is 0 Å². The van der Waals surface area contributed by atoms with Gasteiger partial charge in [0.05, 0.1) is 11.4 Å². The molecule has 4 aromatic rings. The van der Waals surface area contributed by atoms with Gasteiger partial charge in [0.1, 0.15) is 12.0 Å². The van der Waals surface area contributed by atoms with Gasteiger partial charge in [-0.3, -0.25) is 13.8 Å². The van der Waals surface area contributed by atoms with E-state index in [9.17, 15) is 4.79 Å². The fraction of sp³-hybridized carbons (Fsp3) is 0.111. The molecule has 0 saturated carbocycles. The number of pyridine rings is 1. The highest BCUT2D eigenvalue weighted by atomic mass is 32.2. The van der Waals surface area contributed by atoms with Crippen LogP contribution < -0.4 is 5.56 Å². The van der Waals surface area contributed by atoms with E-state index >= 15 is 0 Å². The zero-order valence-corrected chi connectivity index (χ0v) is 14.3. The highest BCUT2D eigenvalue weighted by Gasteiger charge is 2.10. The Morgan fingerprint density at radius 2 is 1.96 bits per heavy atom. The SMILES string of the molecule is Cc1ccccc1-n1cnnc1SCc1cc(=O)n2ccccc2n1. The predicted octanol–water partition coefficient (Wildman–Crippen LogP) is 2.88. The van der Waals surface area contributed by atoms with Crippen molar-refractivity contribution in [3.63, 3.8) is 0 Å². The van der Waals surface area contributed by atoms with Gasteiger partial charge in [0.2, 0.25) is 0 Å². The van der Waals surface area contributed by atoms with E-state index in [4.69, 9.17) is 0 Å². The first-order valence-electron chi connectivity index (χ1n) is 7.78. The van der Waals surface area contributed by atoms with Crippen LogP contribution in [-0.2, 0) is 5.75 Å². The zero-order valence-electron chi connectivity index (χ0n) is 13.5. The average molecular weight is 349 g/mol. The molecule has 1 aromatic carbocycles. The van der Waals surface area contributed by atoms with Crippen molar-refractivity contribution in [2.45, 2.75) is 17.8 Å². The summed E-state index contributed by atoms with van der Waals surface area (Å²) < 4.78 is 3.48. The predicted molar refractivity (Wildman–Crippen MR) is 97.1 cm³/mol. The summed E-state index contributed by atoms with van der Waals surface area (Å²) in [6.45, 7) is 2.05. The van der Waals surface area contributed by atoms with Crippen LogP contribution in [0.2, 0.25) is 0 Å². The fourth-order valence-corrected chi connectivity index (χ4v) is 3.45. The molecule has 0 atom stereocenters. The van der Waals surface area contributed by atoms with Crippen molar-refractivity contribution in [1.82, 2.24) is 24.1 Å². The Hall–Kier alpha value is -2.93. The maximum absolute atomic E-state index is 12.2. The molecular formula is C18H15N5OS. The van der Waals surface area contributed by atoms with Gasteiger partial charge in [-0.25, -0.2) is 4.98 Å². The van der Waals surface area contributed by atoms with Crippen LogP contribution in [0.3, 0.4) is 0 Å². The van der Waals surface area contributed by atoms with Crippen molar-refractivity contribution >= 4 is 17.4 Å². The molecule has 6 nitrogen and oxygen atoms in total. The van der Waals surface area contributed by atoms with Gasteiger partial charge in [0.25, 0.3) is 5.56 Å². The van der Waals surface area contributed by atoms with Gasteiger partial charge in [0, 0.05) is 18.0 Å². The van der Waals surface area contributed by atoms with Crippen molar-refractivity contribution in [2.24, 2.45) is 0 Å². The minimum atomic E-state index is -0.0819. The number of para-hydroxylation sites is 1. The fourth-order valence-electron chi connectivity index (χ4n) is 2.64. The number of hydrogen-bond donors (Lipinski definition) is 0. The first-order valence-corrected chi connectivity index (χ1v) is 8.77. The summed E-state index contributed by atoms with van der Waals surface area (Å²) in [4.78, 5) is 16.7. The van der Waals surface area contributed by atoms with Crippen LogP contribution in [0, 0.1) is 6.92 Å². The molecule has 3 aromatic heterocycles.